The van der Waals surface area contributed by atoms with Crippen molar-refractivity contribution in [3.8, 4) is 17.2 Å². The minimum absolute atomic E-state index is 0.751. The van der Waals surface area contributed by atoms with Gasteiger partial charge in [-0.25, -0.2) is 0 Å². The quantitative estimate of drug-likeness (QED) is 0.612. The van der Waals surface area contributed by atoms with Crippen molar-refractivity contribution in [3.05, 3.63) is 52.0 Å². The maximum Gasteiger partial charge on any atom is 0.175 e. The van der Waals surface area contributed by atoms with Gasteiger partial charge in [0.1, 0.15) is 5.75 Å². The second-order valence-corrected chi connectivity index (χ2v) is 7.78. The van der Waals surface area contributed by atoms with E-state index in [2.05, 4.69) is 43.9 Å². The number of methoxy groups -OCH3 is 3. The predicted molar refractivity (Wildman–Crippen MR) is 116 cm³/mol. The molecule has 0 amide bonds. The normalized spacial score (nSPS) is 15.4. The van der Waals surface area contributed by atoms with Crippen LogP contribution in [0.3, 0.4) is 0 Å². The molecule has 0 radical (unpaired) electrons. The molecule has 0 saturated carbocycles. The van der Waals surface area contributed by atoms with Gasteiger partial charge in [-0.3, -0.25) is 4.90 Å². The van der Waals surface area contributed by atoms with Crippen LogP contribution in [0.4, 0.5) is 0 Å². The molecule has 0 bridgehead atoms. The number of ether oxygens (including phenoxy) is 3. The van der Waals surface area contributed by atoms with Crippen LogP contribution in [0, 0.1) is 0 Å². The molecule has 0 spiro atoms. The standard InChI is InChI=1S/C22H29BrN2O3/c1-26-19-7-4-17(5-8-19)10-11-24-12-14-25(15-13-24)16-18-6-9-20(27-2)22(28-3)21(18)23/h4-9H,10-16H2,1-3H3. The van der Waals surface area contributed by atoms with Crippen molar-refractivity contribution in [1.29, 1.82) is 0 Å². The largest absolute Gasteiger partial charge is 0.497 e. The highest BCUT2D eigenvalue weighted by Crippen LogP contribution is 2.38. The first-order valence-corrected chi connectivity index (χ1v) is 10.4. The first-order chi connectivity index (χ1) is 13.6. The molecule has 1 fully saturated rings. The lowest BCUT2D eigenvalue weighted by atomic mass is 10.1. The third kappa shape index (κ3) is 5.19. The summed E-state index contributed by atoms with van der Waals surface area (Å²) in [4.78, 5) is 5.04. The summed E-state index contributed by atoms with van der Waals surface area (Å²) in [5, 5.41) is 0. The molecule has 0 aliphatic carbocycles. The summed E-state index contributed by atoms with van der Waals surface area (Å²) in [5.74, 6) is 2.43. The smallest absolute Gasteiger partial charge is 0.175 e. The van der Waals surface area contributed by atoms with Crippen LogP contribution in [0.25, 0.3) is 0 Å². The summed E-state index contributed by atoms with van der Waals surface area (Å²) in [5.41, 5.74) is 2.59. The molecule has 6 heteroatoms. The Bertz CT molecular complexity index is 759. The van der Waals surface area contributed by atoms with Crippen LogP contribution < -0.4 is 14.2 Å². The van der Waals surface area contributed by atoms with Gasteiger partial charge in [0.25, 0.3) is 0 Å². The van der Waals surface area contributed by atoms with E-state index in [0.717, 1.165) is 67.4 Å². The molecule has 0 aromatic heterocycles. The van der Waals surface area contributed by atoms with Crippen LogP contribution in [0.2, 0.25) is 0 Å². The molecule has 0 N–H and O–H groups in total. The second-order valence-electron chi connectivity index (χ2n) is 6.99. The Balaban J connectivity index is 1.49. The number of piperazine rings is 1. The van der Waals surface area contributed by atoms with Crippen LogP contribution in [0.5, 0.6) is 17.2 Å². The van der Waals surface area contributed by atoms with Crippen LogP contribution >= 0.6 is 15.9 Å². The average molecular weight is 449 g/mol. The molecule has 1 aliphatic rings. The first kappa shape index (κ1) is 21.0. The van der Waals surface area contributed by atoms with Crippen molar-refractivity contribution in [2.75, 3.05) is 54.1 Å². The van der Waals surface area contributed by atoms with Crippen LogP contribution in [-0.2, 0) is 13.0 Å². The van der Waals surface area contributed by atoms with Gasteiger partial charge in [-0.15, -0.1) is 0 Å². The summed E-state index contributed by atoms with van der Waals surface area (Å²) in [6.07, 6.45) is 1.07. The fraction of sp³-hybridized carbons (Fsp3) is 0.455. The molecule has 3 rings (SSSR count). The molecule has 2 aromatic carbocycles. The van der Waals surface area contributed by atoms with Gasteiger partial charge in [0.15, 0.2) is 11.5 Å². The van der Waals surface area contributed by atoms with E-state index in [1.807, 2.05) is 18.2 Å². The summed E-state index contributed by atoms with van der Waals surface area (Å²) >= 11 is 3.68. The van der Waals surface area contributed by atoms with Crippen molar-refractivity contribution in [1.82, 2.24) is 9.80 Å². The molecule has 152 valence electrons. The third-order valence-corrected chi connectivity index (χ3v) is 6.17. The summed E-state index contributed by atoms with van der Waals surface area (Å²) < 4.78 is 17.1. The lowest BCUT2D eigenvalue weighted by Gasteiger charge is -2.35. The zero-order valence-corrected chi connectivity index (χ0v) is 18.5. The lowest BCUT2D eigenvalue weighted by Crippen LogP contribution is -2.46. The molecule has 0 atom stereocenters. The average Bonchev–Trinajstić information content (AvgIpc) is 2.74. The number of nitrogens with zero attached hydrogens (tertiary/aromatic N) is 2. The Labute approximate surface area is 176 Å². The van der Waals surface area contributed by atoms with Gasteiger partial charge in [0.2, 0.25) is 0 Å². The Morgan fingerprint density at radius 3 is 2.11 bits per heavy atom. The van der Waals surface area contributed by atoms with E-state index in [1.165, 1.54) is 11.1 Å². The molecular weight excluding hydrogens is 420 g/mol. The number of hydrogen-bond acceptors (Lipinski definition) is 5. The summed E-state index contributed by atoms with van der Waals surface area (Å²) in [6, 6.07) is 12.5. The predicted octanol–water partition coefficient (Wildman–Crippen LogP) is 3.84. The number of halogens is 1. The van der Waals surface area contributed by atoms with E-state index < -0.39 is 0 Å². The Hall–Kier alpha value is -1.76. The molecule has 1 aliphatic heterocycles. The maximum atomic E-state index is 5.50. The zero-order valence-electron chi connectivity index (χ0n) is 16.9. The third-order valence-electron chi connectivity index (χ3n) is 5.30. The van der Waals surface area contributed by atoms with Crippen molar-refractivity contribution in [2.45, 2.75) is 13.0 Å². The maximum absolute atomic E-state index is 5.50. The van der Waals surface area contributed by atoms with Gasteiger partial charge in [-0.2, -0.15) is 0 Å². The topological polar surface area (TPSA) is 34.2 Å². The molecular formula is C22H29BrN2O3. The number of benzene rings is 2. The van der Waals surface area contributed by atoms with Gasteiger partial charge >= 0.3 is 0 Å². The van der Waals surface area contributed by atoms with E-state index in [9.17, 15) is 0 Å². The molecule has 28 heavy (non-hydrogen) atoms. The highest BCUT2D eigenvalue weighted by Gasteiger charge is 2.19. The van der Waals surface area contributed by atoms with Gasteiger partial charge in [-0.05, 0) is 51.7 Å². The van der Waals surface area contributed by atoms with Gasteiger partial charge in [0.05, 0.1) is 25.8 Å². The Morgan fingerprint density at radius 1 is 0.821 bits per heavy atom. The van der Waals surface area contributed by atoms with E-state index in [0.29, 0.717) is 0 Å². The van der Waals surface area contributed by atoms with Crippen molar-refractivity contribution >= 4 is 15.9 Å². The summed E-state index contributed by atoms with van der Waals surface area (Å²) in [6.45, 7) is 6.35. The van der Waals surface area contributed by atoms with Crippen LogP contribution in [-0.4, -0.2) is 63.9 Å². The fourth-order valence-electron chi connectivity index (χ4n) is 3.54. The van der Waals surface area contributed by atoms with E-state index >= 15 is 0 Å². The molecule has 2 aromatic rings. The van der Waals surface area contributed by atoms with Crippen molar-refractivity contribution < 1.29 is 14.2 Å². The van der Waals surface area contributed by atoms with Gasteiger partial charge in [-0.1, -0.05) is 18.2 Å². The number of rotatable bonds is 8. The van der Waals surface area contributed by atoms with E-state index in [1.54, 1.807) is 21.3 Å². The molecule has 5 nitrogen and oxygen atoms in total. The first-order valence-electron chi connectivity index (χ1n) is 9.61. The SMILES string of the molecule is COc1ccc(CCN2CCN(Cc3ccc(OC)c(OC)c3Br)CC2)cc1. The molecule has 0 unspecified atom stereocenters. The van der Waals surface area contributed by atoms with Crippen molar-refractivity contribution in [3.63, 3.8) is 0 Å². The van der Waals surface area contributed by atoms with Crippen LogP contribution in [0.1, 0.15) is 11.1 Å². The van der Waals surface area contributed by atoms with E-state index in [-0.39, 0.29) is 0 Å². The minimum atomic E-state index is 0.751. The monoisotopic (exact) mass is 448 g/mol. The minimum Gasteiger partial charge on any atom is -0.497 e. The lowest BCUT2D eigenvalue weighted by molar-refractivity contribution is 0.128. The highest BCUT2D eigenvalue weighted by molar-refractivity contribution is 9.10. The molecule has 1 heterocycles. The molecule has 1 saturated heterocycles. The number of hydrogen-bond donors (Lipinski definition) is 0. The second kappa shape index (κ2) is 10.1. The van der Waals surface area contributed by atoms with Crippen molar-refractivity contribution in [2.24, 2.45) is 0 Å². The van der Waals surface area contributed by atoms with E-state index in [4.69, 9.17) is 14.2 Å². The zero-order chi connectivity index (χ0) is 19.9. The Morgan fingerprint density at radius 2 is 1.50 bits per heavy atom. The van der Waals surface area contributed by atoms with Crippen LogP contribution in [0.15, 0.2) is 40.9 Å². The summed E-state index contributed by atoms with van der Waals surface area (Å²) in [7, 11) is 5.04. The van der Waals surface area contributed by atoms with Gasteiger partial charge < -0.3 is 19.1 Å². The Kier molecular flexibility index (Phi) is 7.59. The van der Waals surface area contributed by atoms with Gasteiger partial charge in [0, 0.05) is 39.3 Å². The fourth-order valence-corrected chi connectivity index (χ4v) is 4.16. The highest BCUT2D eigenvalue weighted by atomic mass is 79.9.